The molecule has 0 spiro atoms. The molecule has 1 aliphatic carbocycles. The number of aryl methyl sites for hydroxylation is 1. The average Bonchev–Trinajstić information content (AvgIpc) is 3.31. The van der Waals surface area contributed by atoms with Crippen molar-refractivity contribution in [3.05, 3.63) is 59.7 Å². The van der Waals surface area contributed by atoms with Crippen LogP contribution < -0.4 is 0 Å². The minimum absolute atomic E-state index is 0.776. The number of rotatable bonds is 0. The van der Waals surface area contributed by atoms with E-state index in [0.29, 0.717) is 0 Å². The van der Waals surface area contributed by atoms with E-state index in [4.69, 9.17) is 0 Å². The van der Waals surface area contributed by atoms with Gasteiger partial charge in [-0.15, -0.1) is 11.8 Å². The van der Waals surface area contributed by atoms with Crippen molar-refractivity contribution >= 4 is 44.1 Å². The summed E-state index contributed by atoms with van der Waals surface area (Å²) < 4.78 is 0. The molecule has 0 aromatic heterocycles. The molecule has 1 aliphatic heterocycles. The third kappa shape index (κ3) is 1.29. The van der Waals surface area contributed by atoms with Gasteiger partial charge in [0.1, 0.15) is 0 Å². The Morgan fingerprint density at radius 2 is 1.67 bits per heavy atom. The third-order valence-corrected chi connectivity index (χ3v) is 6.74. The molecule has 2 atom stereocenters. The molecule has 4 aromatic rings. The third-order valence-electron chi connectivity index (χ3n) is 5.34. The van der Waals surface area contributed by atoms with Gasteiger partial charge in [0.15, 0.2) is 0 Å². The highest BCUT2D eigenvalue weighted by molar-refractivity contribution is 8.07. The first-order chi connectivity index (χ1) is 10.4. The molecule has 0 radical (unpaired) electrons. The standard InChI is InChI=1S/C20H14S/c1-2-11-4-5-13-10-14-7-9-16-20(21-16)19(14)15-8-6-12(3-1)17(11)18(13)15/h1-6,8,10,16,20H,7,9H2. The number of benzene rings is 4. The van der Waals surface area contributed by atoms with Crippen molar-refractivity contribution in [2.45, 2.75) is 23.3 Å². The fourth-order valence-electron chi connectivity index (χ4n) is 4.35. The number of thioether (sulfide) groups is 1. The summed E-state index contributed by atoms with van der Waals surface area (Å²) in [5.74, 6) is 0. The second kappa shape index (κ2) is 3.53. The van der Waals surface area contributed by atoms with Crippen LogP contribution in [0, 0.1) is 0 Å². The first-order valence-corrected chi connectivity index (χ1v) is 8.69. The Bertz CT molecular complexity index is 1010. The molecule has 4 aromatic carbocycles. The second-order valence-electron chi connectivity index (χ2n) is 6.44. The summed E-state index contributed by atoms with van der Waals surface area (Å²) >= 11 is 2.17. The zero-order chi connectivity index (χ0) is 13.6. The highest BCUT2D eigenvalue weighted by atomic mass is 32.2. The van der Waals surface area contributed by atoms with E-state index in [1.165, 1.54) is 45.2 Å². The SMILES string of the molecule is c1cc2ccc3cc4c(c5ccc(c1)c2c35)C1SC1CC4. The van der Waals surface area contributed by atoms with Gasteiger partial charge in [0, 0.05) is 10.5 Å². The zero-order valence-corrected chi connectivity index (χ0v) is 12.4. The van der Waals surface area contributed by atoms with E-state index in [1.54, 1.807) is 11.1 Å². The van der Waals surface area contributed by atoms with E-state index in [1.807, 2.05) is 0 Å². The Kier molecular flexibility index (Phi) is 1.84. The Hall–Kier alpha value is -1.73. The minimum atomic E-state index is 0.776. The molecule has 0 bridgehead atoms. The second-order valence-corrected chi connectivity index (χ2v) is 7.82. The minimum Gasteiger partial charge on any atom is -0.148 e. The van der Waals surface area contributed by atoms with Crippen LogP contribution in [0.25, 0.3) is 32.3 Å². The first-order valence-electron chi connectivity index (χ1n) is 7.75. The topological polar surface area (TPSA) is 0 Å². The maximum Gasteiger partial charge on any atom is 0.0428 e. The molecular weight excluding hydrogens is 272 g/mol. The molecule has 1 heteroatoms. The van der Waals surface area contributed by atoms with E-state index in [2.05, 4.69) is 60.3 Å². The Labute approximate surface area is 127 Å². The van der Waals surface area contributed by atoms with Crippen molar-refractivity contribution in [2.75, 3.05) is 0 Å². The molecule has 1 heterocycles. The van der Waals surface area contributed by atoms with Gasteiger partial charge >= 0.3 is 0 Å². The van der Waals surface area contributed by atoms with E-state index >= 15 is 0 Å². The normalized spacial score (nSPS) is 23.6. The molecule has 2 unspecified atom stereocenters. The Morgan fingerprint density at radius 1 is 0.857 bits per heavy atom. The van der Waals surface area contributed by atoms with Gasteiger partial charge in [0.05, 0.1) is 0 Å². The van der Waals surface area contributed by atoms with E-state index < -0.39 is 0 Å². The van der Waals surface area contributed by atoms with Crippen molar-refractivity contribution in [3.63, 3.8) is 0 Å². The summed E-state index contributed by atoms with van der Waals surface area (Å²) in [6, 6.07) is 18.4. The molecule has 0 saturated carbocycles. The summed E-state index contributed by atoms with van der Waals surface area (Å²) in [4.78, 5) is 0. The van der Waals surface area contributed by atoms with E-state index in [-0.39, 0.29) is 0 Å². The highest BCUT2D eigenvalue weighted by Gasteiger charge is 2.44. The van der Waals surface area contributed by atoms with Crippen molar-refractivity contribution in [1.29, 1.82) is 0 Å². The molecular formula is C20H14S. The van der Waals surface area contributed by atoms with Gasteiger partial charge in [-0.05, 0) is 56.3 Å². The van der Waals surface area contributed by atoms with Gasteiger partial charge in [0.25, 0.3) is 0 Å². The Morgan fingerprint density at radius 3 is 2.57 bits per heavy atom. The monoisotopic (exact) mass is 286 g/mol. The van der Waals surface area contributed by atoms with Crippen LogP contribution in [0.1, 0.15) is 22.8 Å². The molecule has 21 heavy (non-hydrogen) atoms. The predicted octanol–water partition coefficient (Wildman–Crippen LogP) is 5.69. The molecule has 0 nitrogen and oxygen atoms in total. The van der Waals surface area contributed by atoms with Crippen molar-refractivity contribution in [1.82, 2.24) is 0 Å². The largest absolute Gasteiger partial charge is 0.148 e. The summed E-state index contributed by atoms with van der Waals surface area (Å²) in [5.41, 5.74) is 3.26. The lowest BCUT2D eigenvalue weighted by Crippen LogP contribution is -2.05. The van der Waals surface area contributed by atoms with E-state index in [9.17, 15) is 0 Å². The molecule has 1 fully saturated rings. The summed E-state index contributed by atoms with van der Waals surface area (Å²) in [5, 5.41) is 10.3. The Balaban J connectivity index is 1.91. The van der Waals surface area contributed by atoms with Gasteiger partial charge < -0.3 is 0 Å². The lowest BCUT2D eigenvalue weighted by molar-refractivity contribution is 0.759. The van der Waals surface area contributed by atoms with Gasteiger partial charge in [-0.1, -0.05) is 48.5 Å². The fraction of sp³-hybridized carbons (Fsp3) is 0.200. The molecule has 1 saturated heterocycles. The number of fused-ring (bicyclic) bond motifs is 4. The van der Waals surface area contributed by atoms with Crippen LogP contribution in [-0.2, 0) is 6.42 Å². The number of hydrogen-bond donors (Lipinski definition) is 0. The van der Waals surface area contributed by atoms with Crippen LogP contribution in [0.5, 0.6) is 0 Å². The van der Waals surface area contributed by atoms with Crippen LogP contribution in [0.3, 0.4) is 0 Å². The number of hydrogen-bond acceptors (Lipinski definition) is 1. The highest BCUT2D eigenvalue weighted by Crippen LogP contribution is 2.62. The molecule has 100 valence electrons. The summed E-state index contributed by atoms with van der Waals surface area (Å²) in [7, 11) is 0. The molecule has 0 N–H and O–H groups in total. The van der Waals surface area contributed by atoms with Gasteiger partial charge in [-0.3, -0.25) is 0 Å². The smallest absolute Gasteiger partial charge is 0.0428 e. The van der Waals surface area contributed by atoms with Crippen LogP contribution in [0.4, 0.5) is 0 Å². The molecule has 2 aliphatic rings. The summed E-state index contributed by atoms with van der Waals surface area (Å²) in [6.45, 7) is 0. The average molecular weight is 286 g/mol. The molecule has 0 amide bonds. The van der Waals surface area contributed by atoms with Crippen LogP contribution in [-0.4, -0.2) is 5.25 Å². The van der Waals surface area contributed by atoms with Crippen molar-refractivity contribution < 1.29 is 0 Å². The van der Waals surface area contributed by atoms with Gasteiger partial charge in [0.2, 0.25) is 0 Å². The van der Waals surface area contributed by atoms with Gasteiger partial charge in [-0.2, -0.15) is 0 Å². The van der Waals surface area contributed by atoms with E-state index in [0.717, 1.165) is 10.5 Å². The van der Waals surface area contributed by atoms with Crippen molar-refractivity contribution in [2.24, 2.45) is 0 Å². The predicted molar refractivity (Wildman–Crippen MR) is 92.6 cm³/mol. The maximum absolute atomic E-state index is 2.47. The molecule has 6 rings (SSSR count). The van der Waals surface area contributed by atoms with Crippen LogP contribution >= 0.6 is 11.8 Å². The van der Waals surface area contributed by atoms with Crippen LogP contribution in [0.15, 0.2) is 48.5 Å². The van der Waals surface area contributed by atoms with Gasteiger partial charge in [-0.25, -0.2) is 0 Å². The zero-order valence-electron chi connectivity index (χ0n) is 11.6. The fourth-order valence-corrected chi connectivity index (χ4v) is 5.58. The maximum atomic E-state index is 2.47. The van der Waals surface area contributed by atoms with Crippen molar-refractivity contribution in [3.8, 4) is 0 Å². The first kappa shape index (κ1) is 10.9. The quantitative estimate of drug-likeness (QED) is 0.296. The van der Waals surface area contributed by atoms with Crippen LogP contribution in [0.2, 0.25) is 0 Å². The lowest BCUT2D eigenvalue weighted by atomic mass is 9.84. The lowest BCUT2D eigenvalue weighted by Gasteiger charge is -2.20. The summed E-state index contributed by atoms with van der Waals surface area (Å²) in [6.07, 6.45) is 2.63.